The summed E-state index contributed by atoms with van der Waals surface area (Å²) < 4.78 is 0. The summed E-state index contributed by atoms with van der Waals surface area (Å²) in [6, 6.07) is 4.49. The normalized spacial score (nSPS) is 12.2. The van der Waals surface area contributed by atoms with Gasteiger partial charge in [-0.3, -0.25) is 4.98 Å². The average molecular weight is 217 g/mol. The highest BCUT2D eigenvalue weighted by Crippen LogP contribution is 2.20. The van der Waals surface area contributed by atoms with E-state index < -0.39 is 0 Å². The van der Waals surface area contributed by atoms with Crippen molar-refractivity contribution in [1.82, 2.24) is 10.3 Å². The first-order valence-corrected chi connectivity index (χ1v) is 5.61. The largest absolute Gasteiger partial charge is 0.309 e. The summed E-state index contributed by atoms with van der Waals surface area (Å²) in [5.41, 5.74) is 4.66. The third-order valence-electron chi connectivity index (χ3n) is 2.70. The van der Waals surface area contributed by atoms with E-state index in [9.17, 15) is 0 Å². The van der Waals surface area contributed by atoms with Gasteiger partial charge in [-0.2, -0.15) is 5.26 Å². The molecule has 0 aliphatic carbocycles. The Hall–Kier alpha value is -1.40. The van der Waals surface area contributed by atoms with Crippen molar-refractivity contribution in [2.24, 2.45) is 0 Å². The van der Waals surface area contributed by atoms with Gasteiger partial charge in [-0.25, -0.2) is 0 Å². The Labute approximate surface area is 97.5 Å². The highest BCUT2D eigenvalue weighted by atomic mass is 14.9. The minimum atomic E-state index is 0.251. The van der Waals surface area contributed by atoms with Crippen LogP contribution in [0.4, 0.5) is 0 Å². The summed E-state index contributed by atoms with van der Waals surface area (Å²) in [4.78, 5) is 4.48. The van der Waals surface area contributed by atoms with Gasteiger partial charge in [0.05, 0.1) is 6.07 Å². The van der Waals surface area contributed by atoms with Crippen LogP contribution in [0.2, 0.25) is 0 Å². The lowest BCUT2D eigenvalue weighted by Gasteiger charge is -2.18. The molecule has 1 rings (SSSR count). The Balaban J connectivity index is 2.83. The number of nitrogens with one attached hydrogen (secondary N) is 1. The van der Waals surface area contributed by atoms with E-state index in [0.29, 0.717) is 6.42 Å². The van der Waals surface area contributed by atoms with Crippen LogP contribution in [0.1, 0.15) is 41.9 Å². The number of hydrogen-bond acceptors (Lipinski definition) is 3. The van der Waals surface area contributed by atoms with Gasteiger partial charge in [-0.05, 0) is 44.9 Å². The maximum absolute atomic E-state index is 8.49. The van der Waals surface area contributed by atoms with Crippen LogP contribution in [-0.2, 0) is 0 Å². The van der Waals surface area contributed by atoms with Gasteiger partial charge in [-0.15, -0.1) is 0 Å². The van der Waals surface area contributed by atoms with Crippen LogP contribution in [0.5, 0.6) is 0 Å². The van der Waals surface area contributed by atoms with Crippen LogP contribution >= 0.6 is 0 Å². The highest BCUT2D eigenvalue weighted by Gasteiger charge is 2.11. The minimum Gasteiger partial charge on any atom is -0.309 e. The zero-order valence-electron chi connectivity index (χ0n) is 10.5. The molecule has 1 N–H and O–H groups in total. The monoisotopic (exact) mass is 217 g/mol. The van der Waals surface area contributed by atoms with E-state index in [4.69, 9.17) is 5.26 Å². The van der Waals surface area contributed by atoms with Gasteiger partial charge in [0.2, 0.25) is 0 Å². The third kappa shape index (κ3) is 3.04. The molecule has 0 fully saturated rings. The maximum atomic E-state index is 8.49. The van der Waals surface area contributed by atoms with Crippen LogP contribution < -0.4 is 5.32 Å². The molecule has 0 aliphatic heterocycles. The van der Waals surface area contributed by atoms with Gasteiger partial charge in [0.15, 0.2) is 0 Å². The fraction of sp³-hybridized carbons (Fsp3) is 0.538. The van der Waals surface area contributed by atoms with Crippen molar-refractivity contribution in [3.8, 4) is 6.07 Å². The predicted molar refractivity (Wildman–Crippen MR) is 65.1 cm³/mol. The highest BCUT2D eigenvalue weighted by molar-refractivity contribution is 5.33. The molecule has 0 radical (unpaired) electrons. The molecule has 1 aromatic heterocycles. The Bertz CT molecular complexity index is 381. The van der Waals surface area contributed by atoms with Gasteiger partial charge < -0.3 is 5.32 Å². The first-order valence-electron chi connectivity index (χ1n) is 5.61. The third-order valence-corrected chi connectivity index (χ3v) is 2.70. The summed E-state index contributed by atoms with van der Waals surface area (Å²) in [7, 11) is 0. The molecule has 0 bridgehead atoms. The summed E-state index contributed by atoms with van der Waals surface area (Å²) in [6.45, 7) is 9.00. The number of aromatic nitrogens is 1. The lowest BCUT2D eigenvalue weighted by molar-refractivity contribution is 0.575. The zero-order valence-corrected chi connectivity index (χ0v) is 10.5. The summed E-state index contributed by atoms with van der Waals surface area (Å²) >= 11 is 0. The van der Waals surface area contributed by atoms with Crippen molar-refractivity contribution >= 4 is 0 Å². The standard InChI is InChI=1S/C13H19N3/c1-9-8-10(2)16-12(4)13(9)11(3)15-7-5-6-14/h8,11,15H,5,7H2,1-4H3. The second-order valence-corrected chi connectivity index (χ2v) is 4.16. The van der Waals surface area contributed by atoms with Crippen molar-refractivity contribution in [3.63, 3.8) is 0 Å². The van der Waals surface area contributed by atoms with Crippen LogP contribution in [0.25, 0.3) is 0 Å². The number of rotatable bonds is 4. The van der Waals surface area contributed by atoms with Gasteiger partial charge in [-0.1, -0.05) is 0 Å². The molecule has 3 nitrogen and oxygen atoms in total. The van der Waals surface area contributed by atoms with Crippen LogP contribution in [0.15, 0.2) is 6.07 Å². The minimum absolute atomic E-state index is 0.251. The topological polar surface area (TPSA) is 48.7 Å². The van der Waals surface area contributed by atoms with Crippen molar-refractivity contribution in [1.29, 1.82) is 5.26 Å². The van der Waals surface area contributed by atoms with Crippen molar-refractivity contribution in [3.05, 3.63) is 28.6 Å². The molecule has 0 aliphatic rings. The van der Waals surface area contributed by atoms with Crippen molar-refractivity contribution < 1.29 is 0 Å². The van der Waals surface area contributed by atoms with E-state index in [-0.39, 0.29) is 6.04 Å². The average Bonchev–Trinajstić information content (AvgIpc) is 2.16. The van der Waals surface area contributed by atoms with Gasteiger partial charge in [0, 0.05) is 30.4 Å². The number of hydrogen-bond donors (Lipinski definition) is 1. The zero-order chi connectivity index (χ0) is 12.1. The molecule has 1 aromatic rings. The van der Waals surface area contributed by atoms with E-state index in [1.165, 1.54) is 11.1 Å². The lowest BCUT2D eigenvalue weighted by Crippen LogP contribution is -2.21. The van der Waals surface area contributed by atoms with E-state index in [1.807, 2.05) is 13.8 Å². The van der Waals surface area contributed by atoms with E-state index >= 15 is 0 Å². The molecule has 3 heteroatoms. The fourth-order valence-electron chi connectivity index (χ4n) is 2.13. The lowest BCUT2D eigenvalue weighted by atomic mass is 10.0. The number of pyridine rings is 1. The summed E-state index contributed by atoms with van der Waals surface area (Å²) in [6.07, 6.45) is 0.543. The van der Waals surface area contributed by atoms with Crippen LogP contribution in [-0.4, -0.2) is 11.5 Å². The molecule has 0 saturated carbocycles. The predicted octanol–water partition coefficient (Wildman–Crippen LogP) is 2.57. The molecule has 0 aromatic carbocycles. The van der Waals surface area contributed by atoms with Gasteiger partial charge >= 0.3 is 0 Å². The Morgan fingerprint density at radius 2 is 2.12 bits per heavy atom. The quantitative estimate of drug-likeness (QED) is 0.788. The molecule has 16 heavy (non-hydrogen) atoms. The molecular formula is C13H19N3. The Morgan fingerprint density at radius 1 is 1.44 bits per heavy atom. The van der Waals surface area contributed by atoms with Gasteiger partial charge in [0.25, 0.3) is 0 Å². The molecule has 0 saturated heterocycles. The van der Waals surface area contributed by atoms with E-state index in [1.54, 1.807) is 0 Å². The first-order chi connectivity index (χ1) is 7.56. The smallest absolute Gasteiger partial charge is 0.0635 e. The summed E-state index contributed by atoms with van der Waals surface area (Å²) in [5.74, 6) is 0. The van der Waals surface area contributed by atoms with Crippen molar-refractivity contribution in [2.45, 2.75) is 40.2 Å². The first kappa shape index (κ1) is 12.7. The Morgan fingerprint density at radius 3 is 2.69 bits per heavy atom. The molecule has 1 unspecified atom stereocenters. The second kappa shape index (κ2) is 5.62. The molecule has 1 heterocycles. The molecule has 1 atom stereocenters. The van der Waals surface area contributed by atoms with Gasteiger partial charge in [0.1, 0.15) is 0 Å². The molecule has 0 amide bonds. The molecule has 86 valence electrons. The Kier molecular flexibility index (Phi) is 4.45. The molecular weight excluding hydrogens is 198 g/mol. The SMILES string of the molecule is Cc1cc(C)c(C(C)NCCC#N)c(C)n1. The number of nitrogens with zero attached hydrogens (tertiary/aromatic N) is 2. The van der Waals surface area contributed by atoms with Crippen LogP contribution in [0, 0.1) is 32.1 Å². The van der Waals surface area contributed by atoms with E-state index in [2.05, 4.69) is 36.3 Å². The number of aryl methyl sites for hydroxylation is 3. The fourth-order valence-corrected chi connectivity index (χ4v) is 2.13. The maximum Gasteiger partial charge on any atom is 0.0635 e. The second-order valence-electron chi connectivity index (χ2n) is 4.16. The number of nitriles is 1. The summed E-state index contributed by atoms with van der Waals surface area (Å²) in [5, 5.41) is 11.8. The van der Waals surface area contributed by atoms with E-state index in [0.717, 1.165) is 17.9 Å². The molecule has 0 spiro atoms. The van der Waals surface area contributed by atoms with Crippen molar-refractivity contribution in [2.75, 3.05) is 6.54 Å². The van der Waals surface area contributed by atoms with Crippen LogP contribution in [0.3, 0.4) is 0 Å².